The highest BCUT2D eigenvalue weighted by atomic mass is 16.1. The molecule has 4 nitrogen and oxygen atoms in total. The van der Waals surface area contributed by atoms with Crippen molar-refractivity contribution in [2.24, 2.45) is 0 Å². The van der Waals surface area contributed by atoms with E-state index in [1.807, 2.05) is 34.9 Å². The molecule has 0 aliphatic heterocycles. The smallest absolute Gasteiger partial charge is 0.261 e. The van der Waals surface area contributed by atoms with Crippen molar-refractivity contribution in [2.45, 2.75) is 0 Å². The molecule has 3 aromatic rings. The van der Waals surface area contributed by atoms with Crippen molar-refractivity contribution in [1.29, 1.82) is 0 Å². The Morgan fingerprint density at radius 2 is 1.72 bits per heavy atom. The predicted molar refractivity (Wildman–Crippen MR) is 70.2 cm³/mol. The van der Waals surface area contributed by atoms with Crippen LogP contribution in [0.25, 0.3) is 16.6 Å². The Morgan fingerprint density at radius 3 is 2.50 bits per heavy atom. The van der Waals surface area contributed by atoms with Gasteiger partial charge in [-0.15, -0.1) is 0 Å². The average Bonchev–Trinajstić information content (AvgIpc) is 2.40. The molecular weight excluding hydrogens is 228 g/mol. The molecule has 0 amide bonds. The minimum Gasteiger partial charge on any atom is -0.328 e. The number of rotatable bonds is 1. The van der Waals surface area contributed by atoms with Crippen LogP contribution in [0.4, 0.5) is 0 Å². The van der Waals surface area contributed by atoms with Crippen molar-refractivity contribution >= 4 is 10.9 Å². The Labute approximate surface area is 102 Å². The van der Waals surface area contributed by atoms with E-state index in [1.165, 1.54) is 6.07 Å². The summed E-state index contributed by atoms with van der Waals surface area (Å²) in [6, 6.07) is 12.7. The van der Waals surface area contributed by atoms with E-state index < -0.39 is 0 Å². The van der Waals surface area contributed by atoms with Crippen LogP contribution in [-0.2, 0) is 0 Å². The van der Waals surface area contributed by atoms with E-state index in [9.17, 15) is 9.59 Å². The molecule has 2 aromatic heterocycles. The number of aromatic amines is 1. The average molecular weight is 238 g/mol. The Bertz CT molecular complexity index is 803. The predicted octanol–water partition coefficient (Wildman–Crippen LogP) is 1.68. The van der Waals surface area contributed by atoms with Crippen molar-refractivity contribution in [3.8, 4) is 5.69 Å². The van der Waals surface area contributed by atoms with Gasteiger partial charge in [-0.2, -0.15) is 0 Å². The zero-order chi connectivity index (χ0) is 12.5. The fraction of sp³-hybridized carbons (Fsp3) is 0. The number of aromatic nitrogens is 2. The standard InChI is InChI=1S/C14H10N2O2/c17-12-7-9-16(10-4-2-1-3-5-10)11-6-8-15-14(18)13(11)12/h1-9H,(H,15,18). The number of hydrogen-bond donors (Lipinski definition) is 1. The van der Waals surface area contributed by atoms with Gasteiger partial charge >= 0.3 is 0 Å². The van der Waals surface area contributed by atoms with Crippen molar-refractivity contribution in [1.82, 2.24) is 9.55 Å². The molecule has 0 bridgehead atoms. The van der Waals surface area contributed by atoms with E-state index in [2.05, 4.69) is 4.98 Å². The van der Waals surface area contributed by atoms with Gasteiger partial charge in [0.05, 0.1) is 5.52 Å². The number of H-pyrrole nitrogens is 1. The van der Waals surface area contributed by atoms with Crippen molar-refractivity contribution in [2.75, 3.05) is 0 Å². The second kappa shape index (κ2) is 4.00. The van der Waals surface area contributed by atoms with Crippen LogP contribution < -0.4 is 11.0 Å². The lowest BCUT2D eigenvalue weighted by Gasteiger charge is -2.09. The fourth-order valence-corrected chi connectivity index (χ4v) is 2.03. The molecule has 0 spiro atoms. The van der Waals surface area contributed by atoms with Crippen LogP contribution in [0.2, 0.25) is 0 Å². The summed E-state index contributed by atoms with van der Waals surface area (Å²) in [4.78, 5) is 26.0. The Hall–Kier alpha value is -2.62. The van der Waals surface area contributed by atoms with Gasteiger partial charge in [-0.25, -0.2) is 0 Å². The molecule has 0 aliphatic carbocycles. The highest BCUT2D eigenvalue weighted by Crippen LogP contribution is 2.12. The molecular formula is C14H10N2O2. The molecule has 88 valence electrons. The minimum absolute atomic E-state index is 0.184. The van der Waals surface area contributed by atoms with Crippen LogP contribution >= 0.6 is 0 Å². The molecule has 0 radical (unpaired) electrons. The SMILES string of the molecule is O=c1ccn(-c2ccccc2)c2cc[nH]c(=O)c12. The third-order valence-corrected chi connectivity index (χ3v) is 2.85. The van der Waals surface area contributed by atoms with Gasteiger partial charge in [0.15, 0.2) is 5.43 Å². The Kier molecular flexibility index (Phi) is 2.34. The fourth-order valence-electron chi connectivity index (χ4n) is 2.03. The van der Waals surface area contributed by atoms with Crippen LogP contribution in [0.15, 0.2) is 64.4 Å². The maximum absolute atomic E-state index is 11.7. The number of pyridine rings is 2. The van der Waals surface area contributed by atoms with Crippen LogP contribution in [-0.4, -0.2) is 9.55 Å². The third-order valence-electron chi connectivity index (χ3n) is 2.85. The second-order valence-electron chi connectivity index (χ2n) is 3.95. The molecule has 1 aromatic carbocycles. The first-order valence-electron chi connectivity index (χ1n) is 5.56. The molecule has 0 saturated heterocycles. The number of para-hydroxylation sites is 1. The topological polar surface area (TPSA) is 54.9 Å². The highest BCUT2D eigenvalue weighted by molar-refractivity contribution is 5.79. The third kappa shape index (κ3) is 1.55. The van der Waals surface area contributed by atoms with Gasteiger partial charge in [-0.3, -0.25) is 9.59 Å². The van der Waals surface area contributed by atoms with Gasteiger partial charge < -0.3 is 9.55 Å². The molecule has 3 rings (SSSR count). The first-order chi connectivity index (χ1) is 8.77. The quantitative estimate of drug-likeness (QED) is 0.701. The van der Waals surface area contributed by atoms with Gasteiger partial charge in [-0.1, -0.05) is 18.2 Å². The van der Waals surface area contributed by atoms with E-state index >= 15 is 0 Å². The summed E-state index contributed by atoms with van der Waals surface area (Å²) in [7, 11) is 0. The summed E-state index contributed by atoms with van der Waals surface area (Å²) in [5.41, 5.74) is 0.896. The largest absolute Gasteiger partial charge is 0.328 e. The monoisotopic (exact) mass is 238 g/mol. The van der Waals surface area contributed by atoms with Crippen molar-refractivity contribution in [3.63, 3.8) is 0 Å². The summed E-state index contributed by atoms with van der Waals surface area (Å²) in [6.45, 7) is 0. The second-order valence-corrected chi connectivity index (χ2v) is 3.95. The number of hydrogen-bond acceptors (Lipinski definition) is 2. The molecule has 4 heteroatoms. The van der Waals surface area contributed by atoms with E-state index in [0.717, 1.165) is 5.69 Å². The highest BCUT2D eigenvalue weighted by Gasteiger charge is 2.06. The Balaban J connectivity index is 2.47. The number of nitrogens with zero attached hydrogens (tertiary/aromatic N) is 1. The van der Waals surface area contributed by atoms with Gasteiger partial charge in [0, 0.05) is 24.1 Å². The van der Waals surface area contributed by atoms with Gasteiger partial charge in [0.2, 0.25) is 0 Å². The number of nitrogens with one attached hydrogen (secondary N) is 1. The lowest BCUT2D eigenvalue weighted by molar-refractivity contribution is 1.09. The molecule has 0 atom stereocenters. The van der Waals surface area contributed by atoms with Crippen LogP contribution in [0.3, 0.4) is 0 Å². The summed E-state index contributed by atoms with van der Waals surface area (Å²) in [6.07, 6.45) is 3.23. The summed E-state index contributed by atoms with van der Waals surface area (Å²) >= 11 is 0. The van der Waals surface area contributed by atoms with E-state index in [0.29, 0.717) is 5.52 Å². The van der Waals surface area contributed by atoms with E-state index in [1.54, 1.807) is 18.5 Å². The van der Waals surface area contributed by atoms with Crippen molar-refractivity contribution < 1.29 is 0 Å². The van der Waals surface area contributed by atoms with Crippen molar-refractivity contribution in [3.05, 3.63) is 75.4 Å². The molecule has 1 N–H and O–H groups in total. The first kappa shape index (κ1) is 10.5. The van der Waals surface area contributed by atoms with Crippen LogP contribution in [0.1, 0.15) is 0 Å². The van der Waals surface area contributed by atoms with E-state index in [4.69, 9.17) is 0 Å². The summed E-state index contributed by atoms with van der Waals surface area (Å²) in [5, 5.41) is 0.184. The number of fused-ring (bicyclic) bond motifs is 1. The lowest BCUT2D eigenvalue weighted by atomic mass is 10.2. The maximum Gasteiger partial charge on any atom is 0.261 e. The summed E-state index contributed by atoms with van der Waals surface area (Å²) in [5.74, 6) is 0. The zero-order valence-corrected chi connectivity index (χ0v) is 9.46. The molecule has 2 heterocycles. The van der Waals surface area contributed by atoms with E-state index in [-0.39, 0.29) is 16.4 Å². The molecule has 0 fully saturated rings. The summed E-state index contributed by atoms with van der Waals surface area (Å²) < 4.78 is 1.83. The van der Waals surface area contributed by atoms with Gasteiger partial charge in [0.1, 0.15) is 5.39 Å². The van der Waals surface area contributed by atoms with Crippen LogP contribution in [0.5, 0.6) is 0 Å². The van der Waals surface area contributed by atoms with Gasteiger partial charge in [0.25, 0.3) is 5.56 Å². The first-order valence-corrected chi connectivity index (χ1v) is 5.56. The molecule has 0 unspecified atom stereocenters. The molecule has 0 saturated carbocycles. The molecule has 18 heavy (non-hydrogen) atoms. The minimum atomic E-state index is -0.359. The normalized spacial score (nSPS) is 10.7. The number of benzene rings is 1. The van der Waals surface area contributed by atoms with Gasteiger partial charge in [-0.05, 0) is 18.2 Å². The lowest BCUT2D eigenvalue weighted by Crippen LogP contribution is -2.17. The zero-order valence-electron chi connectivity index (χ0n) is 9.46. The maximum atomic E-state index is 11.7. The Morgan fingerprint density at radius 1 is 0.944 bits per heavy atom. The molecule has 0 aliphatic rings. The van der Waals surface area contributed by atoms with Crippen LogP contribution in [0, 0.1) is 0 Å².